The Hall–Kier alpha value is -1.02. The molecule has 0 aromatic heterocycles. The molecule has 20 heavy (non-hydrogen) atoms. The van der Waals surface area contributed by atoms with Gasteiger partial charge in [0.15, 0.2) is 0 Å². The molecule has 112 valence electrons. The molecule has 1 saturated carbocycles. The summed E-state index contributed by atoms with van der Waals surface area (Å²) in [4.78, 5) is 0. The van der Waals surface area contributed by atoms with Gasteiger partial charge in [0.25, 0.3) is 0 Å². The van der Waals surface area contributed by atoms with Crippen molar-refractivity contribution in [2.75, 3.05) is 13.2 Å². The Labute approximate surface area is 123 Å². The summed E-state index contributed by atoms with van der Waals surface area (Å²) in [5, 5.41) is 3.63. The minimum Gasteiger partial charge on any atom is -0.492 e. The first kappa shape index (κ1) is 15.4. The normalized spacial score (nSPS) is 17.9. The van der Waals surface area contributed by atoms with Crippen LogP contribution in [0.3, 0.4) is 0 Å². The van der Waals surface area contributed by atoms with Crippen molar-refractivity contribution in [3.8, 4) is 5.75 Å². The molecule has 0 radical (unpaired) electrons. The van der Waals surface area contributed by atoms with E-state index in [0.29, 0.717) is 6.04 Å². The second-order valence-corrected chi connectivity index (χ2v) is 6.14. The summed E-state index contributed by atoms with van der Waals surface area (Å²) in [6, 6.07) is 6.93. The summed E-state index contributed by atoms with van der Waals surface area (Å²) >= 11 is 0. The number of ether oxygens (including phenoxy) is 1. The molecule has 0 bridgehead atoms. The topological polar surface area (TPSA) is 21.3 Å². The Morgan fingerprint density at radius 2 is 1.95 bits per heavy atom. The Bertz CT molecular complexity index is 410. The molecule has 1 aliphatic rings. The summed E-state index contributed by atoms with van der Waals surface area (Å²) in [7, 11) is 0. The van der Waals surface area contributed by atoms with E-state index in [2.05, 4.69) is 44.3 Å². The van der Waals surface area contributed by atoms with Gasteiger partial charge >= 0.3 is 0 Å². The Kier molecular flexibility index (Phi) is 5.90. The van der Waals surface area contributed by atoms with Crippen LogP contribution in [0.4, 0.5) is 0 Å². The molecular formula is C18H29NO. The highest BCUT2D eigenvalue weighted by Crippen LogP contribution is 2.27. The molecule has 0 amide bonds. The van der Waals surface area contributed by atoms with Crippen LogP contribution in [0, 0.1) is 19.8 Å². The van der Waals surface area contributed by atoms with Gasteiger partial charge in [-0.15, -0.1) is 0 Å². The minimum atomic E-state index is 0.501. The van der Waals surface area contributed by atoms with Crippen LogP contribution in [0.15, 0.2) is 18.2 Å². The van der Waals surface area contributed by atoms with Crippen molar-refractivity contribution in [3.05, 3.63) is 29.3 Å². The van der Waals surface area contributed by atoms with Crippen molar-refractivity contribution in [2.24, 2.45) is 5.92 Å². The molecule has 2 nitrogen and oxygen atoms in total. The highest BCUT2D eigenvalue weighted by molar-refractivity contribution is 5.35. The second-order valence-electron chi connectivity index (χ2n) is 6.14. The quantitative estimate of drug-likeness (QED) is 0.838. The largest absolute Gasteiger partial charge is 0.492 e. The highest BCUT2D eigenvalue weighted by atomic mass is 16.5. The Morgan fingerprint density at radius 1 is 1.20 bits per heavy atom. The maximum atomic E-state index is 6.10. The first-order valence-electron chi connectivity index (χ1n) is 8.14. The third kappa shape index (κ3) is 4.24. The summed E-state index contributed by atoms with van der Waals surface area (Å²) in [5.74, 6) is 1.82. The number of nitrogens with one attached hydrogen (secondary N) is 1. The molecule has 0 saturated heterocycles. The molecule has 2 heteroatoms. The van der Waals surface area contributed by atoms with Gasteiger partial charge in [0, 0.05) is 6.04 Å². The van der Waals surface area contributed by atoms with Crippen molar-refractivity contribution in [1.82, 2.24) is 5.32 Å². The van der Waals surface area contributed by atoms with Crippen molar-refractivity contribution in [1.29, 1.82) is 0 Å². The van der Waals surface area contributed by atoms with Gasteiger partial charge in [0.05, 0.1) is 0 Å². The fourth-order valence-electron chi connectivity index (χ4n) is 3.30. The lowest BCUT2D eigenvalue weighted by atomic mass is 9.84. The van der Waals surface area contributed by atoms with E-state index in [-0.39, 0.29) is 0 Å². The SMILES string of the molecule is CCNC(COc1ccc(C)cc1C)C1CCCCC1. The molecule has 1 aromatic carbocycles. The second kappa shape index (κ2) is 7.68. The van der Waals surface area contributed by atoms with Crippen LogP contribution in [0.5, 0.6) is 5.75 Å². The van der Waals surface area contributed by atoms with Gasteiger partial charge in [-0.2, -0.15) is 0 Å². The summed E-state index contributed by atoms with van der Waals surface area (Å²) in [5.41, 5.74) is 2.54. The third-order valence-electron chi connectivity index (χ3n) is 4.43. The van der Waals surface area contributed by atoms with Crippen LogP contribution in [0.2, 0.25) is 0 Å². The number of benzene rings is 1. The van der Waals surface area contributed by atoms with Crippen molar-refractivity contribution in [2.45, 2.75) is 58.9 Å². The average Bonchev–Trinajstić information content (AvgIpc) is 2.46. The number of rotatable bonds is 6. The van der Waals surface area contributed by atoms with Crippen LogP contribution >= 0.6 is 0 Å². The van der Waals surface area contributed by atoms with Gasteiger partial charge in [0.2, 0.25) is 0 Å². The van der Waals surface area contributed by atoms with E-state index in [1.54, 1.807) is 0 Å². The molecule has 1 atom stereocenters. The van der Waals surface area contributed by atoms with E-state index >= 15 is 0 Å². The van der Waals surface area contributed by atoms with Crippen LogP contribution in [-0.2, 0) is 0 Å². The van der Waals surface area contributed by atoms with Gasteiger partial charge in [-0.05, 0) is 50.8 Å². The number of hydrogen-bond acceptors (Lipinski definition) is 2. The lowest BCUT2D eigenvalue weighted by Gasteiger charge is -2.31. The average molecular weight is 275 g/mol. The van der Waals surface area contributed by atoms with Crippen LogP contribution in [0.25, 0.3) is 0 Å². The maximum Gasteiger partial charge on any atom is 0.122 e. The van der Waals surface area contributed by atoms with Gasteiger partial charge < -0.3 is 10.1 Å². The Morgan fingerprint density at radius 3 is 2.60 bits per heavy atom. The fraction of sp³-hybridized carbons (Fsp3) is 0.667. The van der Waals surface area contributed by atoms with Gasteiger partial charge in [-0.1, -0.05) is 43.9 Å². The first-order valence-corrected chi connectivity index (χ1v) is 8.14. The van der Waals surface area contributed by atoms with Crippen molar-refractivity contribution < 1.29 is 4.74 Å². The molecule has 0 spiro atoms. The monoisotopic (exact) mass is 275 g/mol. The van der Waals surface area contributed by atoms with E-state index in [1.165, 1.54) is 43.2 Å². The highest BCUT2D eigenvalue weighted by Gasteiger charge is 2.23. The predicted molar refractivity (Wildman–Crippen MR) is 85.5 cm³/mol. The van der Waals surface area contributed by atoms with Crippen LogP contribution in [-0.4, -0.2) is 19.2 Å². The van der Waals surface area contributed by atoms with E-state index in [9.17, 15) is 0 Å². The number of aryl methyl sites for hydroxylation is 2. The van der Waals surface area contributed by atoms with E-state index in [4.69, 9.17) is 4.74 Å². The maximum absolute atomic E-state index is 6.10. The summed E-state index contributed by atoms with van der Waals surface area (Å²) in [6.07, 6.45) is 6.89. The molecule has 1 fully saturated rings. The van der Waals surface area contributed by atoms with E-state index < -0.39 is 0 Å². The van der Waals surface area contributed by atoms with Crippen molar-refractivity contribution >= 4 is 0 Å². The van der Waals surface area contributed by atoms with E-state index in [1.807, 2.05) is 0 Å². The molecule has 0 heterocycles. The van der Waals surface area contributed by atoms with Crippen LogP contribution in [0.1, 0.15) is 50.2 Å². The standard InChI is InChI=1S/C18H29NO/c1-4-19-17(16-8-6-5-7-9-16)13-20-18-11-10-14(2)12-15(18)3/h10-12,16-17,19H,4-9,13H2,1-3H3. The third-order valence-corrected chi connectivity index (χ3v) is 4.43. The molecule has 1 N–H and O–H groups in total. The van der Waals surface area contributed by atoms with Gasteiger partial charge in [-0.25, -0.2) is 0 Å². The molecular weight excluding hydrogens is 246 g/mol. The van der Waals surface area contributed by atoms with Gasteiger partial charge in [0.1, 0.15) is 12.4 Å². The zero-order valence-corrected chi connectivity index (χ0v) is 13.2. The number of likely N-dealkylation sites (N-methyl/N-ethyl adjacent to an activating group) is 1. The minimum absolute atomic E-state index is 0.501. The molecule has 0 aliphatic heterocycles. The smallest absolute Gasteiger partial charge is 0.122 e. The predicted octanol–water partition coefficient (Wildman–Crippen LogP) is 4.24. The van der Waals surface area contributed by atoms with Crippen LogP contribution < -0.4 is 10.1 Å². The van der Waals surface area contributed by atoms with E-state index in [0.717, 1.165) is 24.8 Å². The molecule has 2 rings (SSSR count). The van der Waals surface area contributed by atoms with Crippen molar-refractivity contribution in [3.63, 3.8) is 0 Å². The number of hydrogen-bond donors (Lipinski definition) is 1. The fourth-order valence-corrected chi connectivity index (χ4v) is 3.30. The lowest BCUT2D eigenvalue weighted by Crippen LogP contribution is -2.41. The zero-order chi connectivity index (χ0) is 14.4. The van der Waals surface area contributed by atoms with Gasteiger partial charge in [-0.3, -0.25) is 0 Å². The lowest BCUT2D eigenvalue weighted by molar-refractivity contribution is 0.187. The molecule has 1 aliphatic carbocycles. The molecule has 1 unspecified atom stereocenters. The Balaban J connectivity index is 1.93. The summed E-state index contributed by atoms with van der Waals surface area (Å²) < 4.78 is 6.10. The summed E-state index contributed by atoms with van der Waals surface area (Å²) in [6.45, 7) is 8.26. The molecule has 1 aromatic rings. The first-order chi connectivity index (χ1) is 9.70. The zero-order valence-electron chi connectivity index (χ0n) is 13.2.